The van der Waals surface area contributed by atoms with Crippen LogP contribution in [0.1, 0.15) is 33.6 Å². The maximum absolute atomic E-state index is 11.8. The van der Waals surface area contributed by atoms with Gasteiger partial charge in [0, 0.05) is 13.1 Å². The van der Waals surface area contributed by atoms with Crippen molar-refractivity contribution in [1.82, 2.24) is 15.1 Å². The summed E-state index contributed by atoms with van der Waals surface area (Å²) in [6.45, 7) is 5.83. The Morgan fingerprint density at radius 3 is 2.82 bits per heavy atom. The largest absolute Gasteiger partial charge is 0.478 e. The Balaban J connectivity index is 2.41. The molecule has 96 valence electrons. The van der Waals surface area contributed by atoms with Crippen molar-refractivity contribution in [2.24, 2.45) is 7.05 Å². The van der Waals surface area contributed by atoms with Crippen molar-refractivity contribution in [2.45, 2.75) is 45.8 Å². The quantitative estimate of drug-likeness (QED) is 0.818. The topological polar surface area (TPSA) is 56.1 Å². The van der Waals surface area contributed by atoms with E-state index in [-0.39, 0.29) is 11.9 Å². The molecule has 5 heteroatoms. The van der Waals surface area contributed by atoms with E-state index < -0.39 is 6.10 Å². The Labute approximate surface area is 102 Å². The fourth-order valence-electron chi connectivity index (χ4n) is 1.58. The van der Waals surface area contributed by atoms with Crippen molar-refractivity contribution in [1.29, 1.82) is 0 Å². The molecule has 1 amide bonds. The highest BCUT2D eigenvalue weighted by Gasteiger charge is 2.16. The van der Waals surface area contributed by atoms with Crippen LogP contribution < -0.4 is 10.1 Å². The maximum atomic E-state index is 11.8. The van der Waals surface area contributed by atoms with Gasteiger partial charge in [-0.2, -0.15) is 5.10 Å². The predicted octanol–water partition coefficient (Wildman–Crippen LogP) is 1.49. The number of carbonyl (C=O) groups is 1. The average molecular weight is 239 g/mol. The van der Waals surface area contributed by atoms with Gasteiger partial charge in [0.15, 0.2) is 11.9 Å². The Morgan fingerprint density at radius 1 is 1.59 bits per heavy atom. The van der Waals surface area contributed by atoms with Crippen molar-refractivity contribution in [3.05, 3.63) is 12.4 Å². The average Bonchev–Trinajstić information content (AvgIpc) is 2.64. The van der Waals surface area contributed by atoms with Gasteiger partial charge in [-0.15, -0.1) is 0 Å². The van der Waals surface area contributed by atoms with E-state index in [2.05, 4.69) is 17.3 Å². The summed E-state index contributed by atoms with van der Waals surface area (Å²) in [5.74, 6) is 0.521. The molecule has 0 spiro atoms. The number of aryl methyl sites for hydroxylation is 1. The van der Waals surface area contributed by atoms with E-state index in [4.69, 9.17) is 4.74 Å². The standard InChI is InChI=1S/C12H21N3O2/c1-5-6-9(2)14-12(16)10(3)17-11-7-13-15(4)8-11/h7-10H,5-6H2,1-4H3,(H,14,16). The molecule has 17 heavy (non-hydrogen) atoms. The van der Waals surface area contributed by atoms with Gasteiger partial charge in [-0.3, -0.25) is 9.48 Å². The zero-order valence-corrected chi connectivity index (χ0v) is 10.9. The first-order chi connectivity index (χ1) is 8.02. The van der Waals surface area contributed by atoms with Gasteiger partial charge < -0.3 is 10.1 Å². The van der Waals surface area contributed by atoms with Crippen LogP contribution in [0.15, 0.2) is 12.4 Å². The number of nitrogens with zero attached hydrogens (tertiary/aromatic N) is 2. The summed E-state index contributed by atoms with van der Waals surface area (Å²) >= 11 is 0. The van der Waals surface area contributed by atoms with Gasteiger partial charge in [-0.25, -0.2) is 0 Å². The lowest BCUT2D eigenvalue weighted by molar-refractivity contribution is -0.127. The van der Waals surface area contributed by atoms with E-state index in [0.29, 0.717) is 5.75 Å². The van der Waals surface area contributed by atoms with E-state index in [1.165, 1.54) is 0 Å². The molecular weight excluding hydrogens is 218 g/mol. The SMILES string of the molecule is CCCC(C)NC(=O)C(C)Oc1cnn(C)c1. The highest BCUT2D eigenvalue weighted by atomic mass is 16.5. The molecule has 0 bridgehead atoms. The highest BCUT2D eigenvalue weighted by Crippen LogP contribution is 2.09. The number of nitrogens with one attached hydrogen (secondary N) is 1. The van der Waals surface area contributed by atoms with Gasteiger partial charge in [0.25, 0.3) is 5.91 Å². The summed E-state index contributed by atoms with van der Waals surface area (Å²) in [4.78, 5) is 11.8. The number of hydrogen-bond donors (Lipinski definition) is 1. The third-order valence-electron chi connectivity index (χ3n) is 2.47. The smallest absolute Gasteiger partial charge is 0.260 e. The lowest BCUT2D eigenvalue weighted by Crippen LogP contribution is -2.41. The van der Waals surface area contributed by atoms with Crippen LogP contribution in [0.2, 0.25) is 0 Å². The number of amides is 1. The van der Waals surface area contributed by atoms with Crippen LogP contribution in [0, 0.1) is 0 Å². The molecule has 0 fully saturated rings. The number of aromatic nitrogens is 2. The van der Waals surface area contributed by atoms with Crippen LogP contribution in [0.3, 0.4) is 0 Å². The lowest BCUT2D eigenvalue weighted by atomic mass is 10.2. The number of ether oxygens (including phenoxy) is 1. The van der Waals surface area contributed by atoms with Crippen LogP contribution in [0.25, 0.3) is 0 Å². The second-order valence-corrected chi connectivity index (χ2v) is 4.31. The second-order valence-electron chi connectivity index (χ2n) is 4.31. The Bertz CT molecular complexity index is 362. The van der Waals surface area contributed by atoms with Crippen LogP contribution in [0.5, 0.6) is 5.75 Å². The first-order valence-electron chi connectivity index (χ1n) is 5.98. The van der Waals surface area contributed by atoms with Crippen LogP contribution in [-0.2, 0) is 11.8 Å². The van der Waals surface area contributed by atoms with Crippen LogP contribution in [-0.4, -0.2) is 27.8 Å². The summed E-state index contributed by atoms with van der Waals surface area (Å²) in [7, 11) is 1.81. The molecule has 2 unspecified atom stereocenters. The first-order valence-corrected chi connectivity index (χ1v) is 5.98. The highest BCUT2D eigenvalue weighted by molar-refractivity contribution is 5.80. The molecule has 1 rings (SSSR count). The third-order valence-corrected chi connectivity index (χ3v) is 2.47. The molecule has 0 aliphatic carbocycles. The van der Waals surface area contributed by atoms with Gasteiger partial charge in [0.05, 0.1) is 12.4 Å². The first kappa shape index (κ1) is 13.5. The van der Waals surface area contributed by atoms with Crippen molar-refractivity contribution in [2.75, 3.05) is 0 Å². The van der Waals surface area contributed by atoms with Crippen molar-refractivity contribution >= 4 is 5.91 Å². The Morgan fingerprint density at radius 2 is 2.29 bits per heavy atom. The molecule has 0 saturated carbocycles. The molecular formula is C12H21N3O2. The predicted molar refractivity (Wildman–Crippen MR) is 65.8 cm³/mol. The molecule has 0 aliphatic rings. The van der Waals surface area contributed by atoms with Crippen molar-refractivity contribution in [3.8, 4) is 5.75 Å². The molecule has 0 aliphatic heterocycles. The minimum atomic E-state index is -0.501. The zero-order valence-electron chi connectivity index (χ0n) is 10.9. The third kappa shape index (κ3) is 4.46. The fraction of sp³-hybridized carbons (Fsp3) is 0.667. The number of hydrogen-bond acceptors (Lipinski definition) is 3. The van der Waals surface area contributed by atoms with E-state index in [9.17, 15) is 4.79 Å². The number of rotatable bonds is 6. The summed E-state index contributed by atoms with van der Waals surface area (Å²) < 4.78 is 7.12. The summed E-state index contributed by atoms with van der Waals surface area (Å²) in [5, 5.41) is 6.90. The van der Waals surface area contributed by atoms with Crippen molar-refractivity contribution in [3.63, 3.8) is 0 Å². The van der Waals surface area contributed by atoms with Crippen molar-refractivity contribution < 1.29 is 9.53 Å². The molecule has 0 radical (unpaired) electrons. The summed E-state index contributed by atoms with van der Waals surface area (Å²) in [6, 6.07) is 0.187. The Hall–Kier alpha value is -1.52. The molecule has 5 nitrogen and oxygen atoms in total. The van der Waals surface area contributed by atoms with Gasteiger partial charge in [-0.05, 0) is 20.3 Å². The molecule has 1 N–H and O–H groups in total. The normalized spacial score (nSPS) is 14.1. The van der Waals surface area contributed by atoms with E-state index in [0.717, 1.165) is 12.8 Å². The van der Waals surface area contributed by atoms with Gasteiger partial charge in [0.1, 0.15) is 0 Å². The minimum absolute atomic E-state index is 0.0881. The van der Waals surface area contributed by atoms with Crippen LogP contribution in [0.4, 0.5) is 0 Å². The van der Waals surface area contributed by atoms with E-state index in [1.54, 1.807) is 31.0 Å². The monoisotopic (exact) mass is 239 g/mol. The zero-order chi connectivity index (χ0) is 12.8. The lowest BCUT2D eigenvalue weighted by Gasteiger charge is -2.17. The molecule has 1 heterocycles. The molecule has 0 aromatic carbocycles. The Kier molecular flexibility index (Phi) is 5.00. The minimum Gasteiger partial charge on any atom is -0.478 e. The van der Waals surface area contributed by atoms with Gasteiger partial charge in [-0.1, -0.05) is 13.3 Å². The molecule has 1 aromatic rings. The molecule has 0 saturated heterocycles. The fourth-order valence-corrected chi connectivity index (χ4v) is 1.58. The number of carbonyl (C=O) groups excluding carboxylic acids is 1. The maximum Gasteiger partial charge on any atom is 0.260 e. The van der Waals surface area contributed by atoms with Gasteiger partial charge >= 0.3 is 0 Å². The second kappa shape index (κ2) is 6.27. The molecule has 1 aromatic heterocycles. The van der Waals surface area contributed by atoms with E-state index in [1.807, 2.05) is 6.92 Å². The van der Waals surface area contributed by atoms with Crippen LogP contribution >= 0.6 is 0 Å². The molecule has 2 atom stereocenters. The summed E-state index contributed by atoms with van der Waals surface area (Å²) in [5.41, 5.74) is 0. The van der Waals surface area contributed by atoms with E-state index >= 15 is 0 Å². The summed E-state index contributed by atoms with van der Waals surface area (Å²) in [6.07, 6.45) is 4.86. The van der Waals surface area contributed by atoms with Gasteiger partial charge in [0.2, 0.25) is 0 Å².